The Morgan fingerprint density at radius 2 is 2.04 bits per heavy atom. The van der Waals surface area contributed by atoms with Gasteiger partial charge in [0, 0.05) is 6.42 Å². The number of nitrogens with one attached hydrogen (secondary N) is 1. The third kappa shape index (κ3) is 3.59. The molecule has 0 unspecified atom stereocenters. The number of alkyl carbamates (subject to hydrolysis) is 1. The van der Waals surface area contributed by atoms with Crippen LogP contribution in [-0.2, 0) is 9.53 Å². The van der Waals surface area contributed by atoms with Crippen LogP contribution < -0.4 is 5.32 Å². The minimum Gasteiger partial charge on any atom is -0.444 e. The molecule has 0 bridgehead atoms. The average Bonchev–Trinajstić information content (AvgIpc) is 2.86. The van der Waals surface area contributed by atoms with Gasteiger partial charge < -0.3 is 10.1 Å². The summed E-state index contributed by atoms with van der Waals surface area (Å²) in [4.78, 5) is 24.8. The first-order valence-corrected chi connectivity index (χ1v) is 8.19. The standard InChI is InChI=1S/C19H24N2O3/c1-13-8-5-6-9-14(13)16(21-17(23)24-18(2,3)4)19(12-20)11-7-10-15(19)22/h5-6,8-9,16H,7,10-11H2,1-4H3,(H,21,23)/t16-,19+/m0/s1. The van der Waals surface area contributed by atoms with E-state index >= 15 is 0 Å². The first-order chi connectivity index (χ1) is 11.2. The lowest BCUT2D eigenvalue weighted by Gasteiger charge is -2.33. The second-order valence-corrected chi connectivity index (χ2v) is 7.30. The molecule has 24 heavy (non-hydrogen) atoms. The molecule has 2 rings (SSSR count). The van der Waals surface area contributed by atoms with E-state index in [-0.39, 0.29) is 5.78 Å². The highest BCUT2D eigenvalue weighted by molar-refractivity contribution is 5.91. The molecule has 0 saturated heterocycles. The minimum atomic E-state index is -1.23. The van der Waals surface area contributed by atoms with Crippen molar-refractivity contribution in [3.05, 3.63) is 35.4 Å². The second kappa shape index (κ2) is 6.64. The maximum Gasteiger partial charge on any atom is 0.408 e. The number of Topliss-reactive ketones (excluding diaryl/α,β-unsaturated/α-hetero) is 1. The number of ketones is 1. The van der Waals surface area contributed by atoms with Crippen LogP contribution in [0.1, 0.15) is 57.2 Å². The summed E-state index contributed by atoms with van der Waals surface area (Å²) >= 11 is 0. The number of carbonyl (C=O) groups is 2. The number of ether oxygens (including phenoxy) is 1. The predicted octanol–water partition coefficient (Wildman–Crippen LogP) is 3.82. The molecule has 1 aliphatic carbocycles. The fourth-order valence-electron chi connectivity index (χ4n) is 3.18. The van der Waals surface area contributed by atoms with Crippen molar-refractivity contribution >= 4 is 11.9 Å². The summed E-state index contributed by atoms with van der Waals surface area (Å²) in [5, 5.41) is 12.6. The molecular weight excluding hydrogens is 304 g/mol. The molecule has 1 aromatic rings. The van der Waals surface area contributed by atoms with Gasteiger partial charge >= 0.3 is 6.09 Å². The van der Waals surface area contributed by atoms with E-state index in [2.05, 4.69) is 11.4 Å². The van der Waals surface area contributed by atoms with Crippen molar-refractivity contribution in [3.63, 3.8) is 0 Å². The molecule has 0 radical (unpaired) electrons. The molecule has 1 aliphatic rings. The Morgan fingerprint density at radius 1 is 1.38 bits per heavy atom. The molecule has 2 atom stereocenters. The van der Waals surface area contributed by atoms with E-state index in [9.17, 15) is 14.9 Å². The van der Waals surface area contributed by atoms with Crippen molar-refractivity contribution in [1.82, 2.24) is 5.32 Å². The summed E-state index contributed by atoms with van der Waals surface area (Å²) in [6.07, 6.45) is 0.846. The van der Waals surface area contributed by atoms with Crippen LogP contribution in [0, 0.1) is 23.7 Å². The Labute approximate surface area is 143 Å². The highest BCUT2D eigenvalue weighted by Crippen LogP contribution is 2.45. The summed E-state index contributed by atoms with van der Waals surface area (Å²) in [5.41, 5.74) is -0.184. The molecule has 0 aromatic heterocycles. The molecule has 128 valence electrons. The number of nitrogens with zero attached hydrogens (tertiary/aromatic N) is 1. The molecule has 5 nitrogen and oxygen atoms in total. The van der Waals surface area contributed by atoms with Gasteiger partial charge in [-0.1, -0.05) is 24.3 Å². The second-order valence-electron chi connectivity index (χ2n) is 7.30. The van der Waals surface area contributed by atoms with Crippen molar-refractivity contribution < 1.29 is 14.3 Å². The zero-order chi connectivity index (χ0) is 18.0. The van der Waals surface area contributed by atoms with Crippen molar-refractivity contribution in [2.45, 2.75) is 58.6 Å². The van der Waals surface area contributed by atoms with Crippen molar-refractivity contribution in [2.75, 3.05) is 0 Å². The number of benzene rings is 1. The van der Waals surface area contributed by atoms with Crippen molar-refractivity contribution in [3.8, 4) is 6.07 Å². The van der Waals surface area contributed by atoms with Crippen LogP contribution in [-0.4, -0.2) is 17.5 Å². The summed E-state index contributed by atoms with van der Waals surface area (Å²) in [6.45, 7) is 7.23. The van der Waals surface area contributed by atoms with Gasteiger partial charge in [-0.05, 0) is 51.7 Å². The maximum atomic E-state index is 12.5. The van der Waals surface area contributed by atoms with Crippen molar-refractivity contribution in [2.24, 2.45) is 5.41 Å². The highest BCUT2D eigenvalue weighted by atomic mass is 16.6. The fourth-order valence-corrected chi connectivity index (χ4v) is 3.18. The van der Waals surface area contributed by atoms with E-state index in [1.807, 2.05) is 31.2 Å². The minimum absolute atomic E-state index is 0.116. The lowest BCUT2D eigenvalue weighted by molar-refractivity contribution is -0.124. The molecule has 1 N–H and O–H groups in total. The Hall–Kier alpha value is -2.35. The van der Waals surface area contributed by atoms with Gasteiger partial charge in [0.05, 0.1) is 12.1 Å². The zero-order valence-electron chi connectivity index (χ0n) is 14.7. The number of hydrogen-bond acceptors (Lipinski definition) is 4. The van der Waals surface area contributed by atoms with Crippen LogP contribution in [0.3, 0.4) is 0 Å². The van der Waals surface area contributed by atoms with Crippen LogP contribution in [0.4, 0.5) is 4.79 Å². The van der Waals surface area contributed by atoms with Crippen molar-refractivity contribution in [1.29, 1.82) is 5.26 Å². The SMILES string of the molecule is Cc1ccccc1[C@H](NC(=O)OC(C)(C)C)[C@@]1(C#N)CCCC1=O. The van der Waals surface area contributed by atoms with E-state index in [1.165, 1.54) is 0 Å². The van der Waals surface area contributed by atoms with E-state index in [1.54, 1.807) is 20.8 Å². The summed E-state index contributed by atoms with van der Waals surface area (Å²) in [5.74, 6) is -0.116. The van der Waals surface area contributed by atoms with Gasteiger partial charge in [-0.15, -0.1) is 0 Å². The van der Waals surface area contributed by atoms with E-state index in [0.29, 0.717) is 19.3 Å². The first-order valence-electron chi connectivity index (χ1n) is 8.19. The van der Waals surface area contributed by atoms with Gasteiger partial charge in [0.2, 0.25) is 0 Å². The number of aryl methyl sites for hydroxylation is 1. The van der Waals surface area contributed by atoms with Gasteiger partial charge in [0.1, 0.15) is 11.0 Å². The molecule has 5 heteroatoms. The number of carbonyl (C=O) groups excluding carboxylic acids is 2. The molecule has 1 amide bonds. The molecule has 1 aromatic carbocycles. The monoisotopic (exact) mass is 328 g/mol. The van der Waals surface area contributed by atoms with Crippen LogP contribution in [0.25, 0.3) is 0 Å². The topological polar surface area (TPSA) is 79.2 Å². The molecule has 1 fully saturated rings. The summed E-state index contributed by atoms with van der Waals surface area (Å²) < 4.78 is 5.34. The fraction of sp³-hybridized carbons (Fsp3) is 0.526. The van der Waals surface area contributed by atoms with E-state index < -0.39 is 23.2 Å². The van der Waals surface area contributed by atoms with Gasteiger partial charge in [0.25, 0.3) is 0 Å². The predicted molar refractivity (Wildman–Crippen MR) is 90.2 cm³/mol. The number of hydrogen-bond donors (Lipinski definition) is 1. The lowest BCUT2D eigenvalue weighted by atomic mass is 9.75. The molecular formula is C19H24N2O3. The Bertz CT molecular complexity index is 685. The van der Waals surface area contributed by atoms with Crippen LogP contribution in [0.5, 0.6) is 0 Å². The number of nitriles is 1. The third-order valence-electron chi connectivity index (χ3n) is 4.33. The first kappa shape index (κ1) is 18.0. The third-order valence-corrected chi connectivity index (χ3v) is 4.33. The van der Waals surface area contributed by atoms with Gasteiger partial charge in [0.15, 0.2) is 5.78 Å². The molecule has 0 spiro atoms. The molecule has 0 heterocycles. The van der Waals surface area contributed by atoms with E-state index in [4.69, 9.17) is 4.74 Å². The van der Waals surface area contributed by atoms with Crippen LogP contribution in [0.2, 0.25) is 0 Å². The highest BCUT2D eigenvalue weighted by Gasteiger charge is 2.50. The Balaban J connectivity index is 2.43. The lowest BCUT2D eigenvalue weighted by Crippen LogP contribution is -2.45. The molecule has 1 saturated carbocycles. The summed E-state index contributed by atoms with van der Waals surface area (Å²) in [7, 11) is 0. The Kier molecular flexibility index (Phi) is 4.98. The zero-order valence-corrected chi connectivity index (χ0v) is 14.7. The smallest absolute Gasteiger partial charge is 0.408 e. The van der Waals surface area contributed by atoms with E-state index in [0.717, 1.165) is 11.1 Å². The summed E-state index contributed by atoms with van der Waals surface area (Å²) in [6, 6.07) is 8.97. The Morgan fingerprint density at radius 3 is 2.54 bits per heavy atom. The maximum absolute atomic E-state index is 12.5. The molecule has 0 aliphatic heterocycles. The average molecular weight is 328 g/mol. The number of amides is 1. The van der Waals surface area contributed by atoms with Gasteiger partial charge in [-0.2, -0.15) is 5.26 Å². The largest absolute Gasteiger partial charge is 0.444 e. The number of rotatable bonds is 3. The van der Waals surface area contributed by atoms with Crippen LogP contribution >= 0.6 is 0 Å². The normalized spacial score (nSPS) is 21.9. The van der Waals surface area contributed by atoms with Gasteiger partial charge in [-0.3, -0.25) is 4.79 Å². The van der Waals surface area contributed by atoms with Gasteiger partial charge in [-0.25, -0.2) is 4.79 Å². The van der Waals surface area contributed by atoms with Crippen LogP contribution in [0.15, 0.2) is 24.3 Å². The quantitative estimate of drug-likeness (QED) is 0.914.